The number of nitrogens with two attached hydrogens (primary N) is 1. The number of amides is 2. The van der Waals surface area contributed by atoms with E-state index in [1.54, 1.807) is 0 Å². The van der Waals surface area contributed by atoms with Gasteiger partial charge in [0.05, 0.1) is 16.5 Å². The molecule has 2 aromatic carbocycles. The highest BCUT2D eigenvalue weighted by atomic mass is 32.2. The third kappa shape index (κ3) is 5.73. The van der Waals surface area contributed by atoms with Crippen LogP contribution in [0.2, 0.25) is 0 Å². The lowest BCUT2D eigenvalue weighted by Gasteiger charge is -2.17. The Bertz CT molecular complexity index is 1240. The number of aromatic hydroxyl groups is 1. The fraction of sp³-hybridized carbons (Fsp3) is 0.238. The van der Waals surface area contributed by atoms with Gasteiger partial charge in [0, 0.05) is 31.1 Å². The lowest BCUT2D eigenvalue weighted by atomic mass is 10.1. The van der Waals surface area contributed by atoms with Gasteiger partial charge in [-0.3, -0.25) is 19.2 Å². The topological polar surface area (TPSA) is 173 Å². The molecule has 174 valence electrons. The summed E-state index contributed by atoms with van der Waals surface area (Å²) < 4.78 is 28.2. The van der Waals surface area contributed by atoms with Crippen LogP contribution < -0.4 is 15.4 Å². The maximum Gasteiger partial charge on any atom is 0.311 e. The number of hydrogen-bond donors (Lipinski definition) is 3. The van der Waals surface area contributed by atoms with Crippen molar-refractivity contribution in [3.8, 4) is 5.75 Å². The molecule has 1 unspecified atom stereocenters. The number of nitrogens with zero attached hydrogens (tertiary/aromatic N) is 1. The van der Waals surface area contributed by atoms with Crippen molar-refractivity contribution in [2.45, 2.75) is 18.2 Å². The molecule has 4 N–H and O–H groups in total. The Morgan fingerprint density at radius 1 is 1.21 bits per heavy atom. The Labute approximate surface area is 189 Å². The molecule has 3 rings (SSSR count). The second kappa shape index (κ2) is 9.38. The van der Waals surface area contributed by atoms with Gasteiger partial charge in [0.25, 0.3) is 0 Å². The monoisotopic (exact) mass is 475 g/mol. The second-order valence-electron chi connectivity index (χ2n) is 7.39. The number of benzene rings is 2. The van der Waals surface area contributed by atoms with Crippen molar-refractivity contribution in [3.05, 3.63) is 48.0 Å². The number of carbonyl (C=O) groups is 4. The minimum atomic E-state index is -3.97. The number of ketones is 1. The van der Waals surface area contributed by atoms with E-state index in [4.69, 9.17) is 9.88 Å². The number of carbonyl (C=O) groups excluding carboxylic acids is 4. The summed E-state index contributed by atoms with van der Waals surface area (Å²) in [4.78, 5) is 49.5. The molecule has 1 aliphatic heterocycles. The summed E-state index contributed by atoms with van der Waals surface area (Å²) in [6, 6.07) is 9.27. The zero-order valence-corrected chi connectivity index (χ0v) is 18.3. The van der Waals surface area contributed by atoms with Crippen molar-refractivity contribution in [2.24, 2.45) is 11.1 Å². The number of nitrogens with one attached hydrogen (secondary N) is 1. The van der Waals surface area contributed by atoms with E-state index in [1.807, 2.05) is 0 Å². The number of esters is 1. The molecule has 0 radical (unpaired) electrons. The molecular formula is C21H21N3O8S. The Balaban J connectivity index is 1.63. The smallest absolute Gasteiger partial charge is 0.311 e. The Hall–Kier alpha value is -3.77. The first-order valence-electron chi connectivity index (χ1n) is 9.69. The van der Waals surface area contributed by atoms with Crippen LogP contribution in [0.25, 0.3) is 0 Å². The van der Waals surface area contributed by atoms with Crippen LogP contribution in [-0.2, 0) is 29.1 Å². The second-order valence-corrected chi connectivity index (χ2v) is 8.95. The quantitative estimate of drug-likeness (QED) is 0.299. The number of anilines is 2. The van der Waals surface area contributed by atoms with E-state index in [-0.39, 0.29) is 40.5 Å². The molecule has 1 saturated heterocycles. The van der Waals surface area contributed by atoms with Gasteiger partial charge in [0.1, 0.15) is 5.75 Å². The van der Waals surface area contributed by atoms with E-state index in [9.17, 15) is 32.7 Å². The van der Waals surface area contributed by atoms with Gasteiger partial charge in [0.15, 0.2) is 12.4 Å². The summed E-state index contributed by atoms with van der Waals surface area (Å²) in [7, 11) is -3.97. The molecule has 12 heteroatoms. The molecule has 0 spiro atoms. The summed E-state index contributed by atoms with van der Waals surface area (Å²) in [5, 5.41) is 17.2. The molecule has 0 aliphatic carbocycles. The normalized spacial score (nSPS) is 15.9. The van der Waals surface area contributed by atoms with Crippen LogP contribution in [-0.4, -0.2) is 50.2 Å². The zero-order chi connectivity index (χ0) is 24.3. The van der Waals surface area contributed by atoms with E-state index < -0.39 is 46.1 Å². The minimum absolute atomic E-state index is 0.0402. The molecular weight excluding hydrogens is 454 g/mol. The van der Waals surface area contributed by atoms with Gasteiger partial charge in [-0.2, -0.15) is 0 Å². The number of primary sulfonamides is 1. The first-order valence-corrected chi connectivity index (χ1v) is 11.2. The van der Waals surface area contributed by atoms with Crippen LogP contribution in [0.3, 0.4) is 0 Å². The summed E-state index contributed by atoms with van der Waals surface area (Å²) >= 11 is 0. The molecule has 0 bridgehead atoms. The third-order valence-corrected chi connectivity index (χ3v) is 5.80. The fourth-order valence-corrected chi connectivity index (χ4v) is 3.83. The molecule has 33 heavy (non-hydrogen) atoms. The van der Waals surface area contributed by atoms with Gasteiger partial charge < -0.3 is 20.1 Å². The van der Waals surface area contributed by atoms with Crippen LogP contribution in [0.4, 0.5) is 11.4 Å². The highest BCUT2D eigenvalue weighted by Crippen LogP contribution is 2.28. The lowest BCUT2D eigenvalue weighted by Crippen LogP contribution is -2.27. The first-order chi connectivity index (χ1) is 15.5. The maximum absolute atomic E-state index is 12.4. The third-order valence-electron chi connectivity index (χ3n) is 4.89. The minimum Gasteiger partial charge on any atom is -0.506 e. The van der Waals surface area contributed by atoms with Gasteiger partial charge in [-0.05, 0) is 36.4 Å². The van der Waals surface area contributed by atoms with Crippen LogP contribution >= 0.6 is 0 Å². The van der Waals surface area contributed by atoms with Gasteiger partial charge in [-0.15, -0.1) is 0 Å². The Kier molecular flexibility index (Phi) is 6.79. The average molecular weight is 475 g/mol. The largest absolute Gasteiger partial charge is 0.506 e. The van der Waals surface area contributed by atoms with Crippen molar-refractivity contribution in [2.75, 3.05) is 23.4 Å². The molecule has 0 aromatic heterocycles. The predicted octanol–water partition coefficient (Wildman–Crippen LogP) is 0.777. The molecule has 2 aromatic rings. The molecule has 1 heterocycles. The van der Waals surface area contributed by atoms with Gasteiger partial charge in [0.2, 0.25) is 21.8 Å². The summed E-state index contributed by atoms with van der Waals surface area (Å²) in [6.45, 7) is 0.591. The van der Waals surface area contributed by atoms with E-state index in [0.29, 0.717) is 0 Å². The number of phenolic OH excluding ortho intramolecular Hbond substituents is 1. The first kappa shape index (κ1) is 23.9. The molecule has 11 nitrogen and oxygen atoms in total. The van der Waals surface area contributed by atoms with Gasteiger partial charge in [-0.1, -0.05) is 6.07 Å². The van der Waals surface area contributed by atoms with Crippen LogP contribution in [0.1, 0.15) is 23.7 Å². The van der Waals surface area contributed by atoms with Crippen molar-refractivity contribution >= 4 is 45.0 Å². The summed E-state index contributed by atoms with van der Waals surface area (Å²) in [6.07, 6.45) is -0.168. The van der Waals surface area contributed by atoms with Gasteiger partial charge in [-0.25, -0.2) is 13.6 Å². The van der Waals surface area contributed by atoms with Gasteiger partial charge >= 0.3 is 5.97 Å². The van der Waals surface area contributed by atoms with Crippen molar-refractivity contribution in [3.63, 3.8) is 0 Å². The number of hydrogen-bond acceptors (Lipinski definition) is 8. The summed E-state index contributed by atoms with van der Waals surface area (Å²) in [5.41, 5.74) is 0.416. The average Bonchev–Trinajstić information content (AvgIpc) is 3.14. The predicted molar refractivity (Wildman–Crippen MR) is 116 cm³/mol. The SMILES string of the molecule is CC(=O)Nc1cc(C(=O)COC(=O)C2CC(=O)N(c3cccc(S(N)(=O)=O)c3)C2)ccc1O. The van der Waals surface area contributed by atoms with Crippen LogP contribution in [0.15, 0.2) is 47.4 Å². The van der Waals surface area contributed by atoms with Crippen molar-refractivity contribution in [1.82, 2.24) is 0 Å². The standard InChI is InChI=1S/C21H21N3O8S/c1-12(25)23-17-7-13(5-6-18(17)26)19(27)11-32-21(29)14-8-20(28)24(10-14)15-3-2-4-16(9-15)33(22,30)31/h2-7,9,14,26H,8,10-11H2,1H3,(H,23,25)(H2,22,30,31). The van der Waals surface area contributed by atoms with E-state index >= 15 is 0 Å². The Morgan fingerprint density at radius 2 is 1.94 bits per heavy atom. The number of sulfonamides is 1. The molecule has 1 atom stereocenters. The summed E-state index contributed by atoms with van der Waals surface area (Å²) in [5.74, 6) is -3.26. The highest BCUT2D eigenvalue weighted by Gasteiger charge is 2.36. The lowest BCUT2D eigenvalue weighted by molar-refractivity contribution is -0.147. The van der Waals surface area contributed by atoms with Crippen molar-refractivity contribution in [1.29, 1.82) is 0 Å². The van der Waals surface area contributed by atoms with Crippen LogP contribution in [0.5, 0.6) is 5.75 Å². The molecule has 1 aliphatic rings. The maximum atomic E-state index is 12.4. The van der Waals surface area contributed by atoms with Crippen molar-refractivity contribution < 1.29 is 37.4 Å². The zero-order valence-electron chi connectivity index (χ0n) is 17.5. The number of Topliss-reactive ketones (excluding diaryl/α,β-unsaturated/α-hetero) is 1. The Morgan fingerprint density at radius 3 is 2.61 bits per heavy atom. The molecule has 0 saturated carbocycles. The van der Waals surface area contributed by atoms with E-state index in [2.05, 4.69) is 5.32 Å². The number of ether oxygens (including phenoxy) is 1. The molecule has 2 amide bonds. The number of phenols is 1. The fourth-order valence-electron chi connectivity index (χ4n) is 3.28. The number of rotatable bonds is 7. The molecule has 1 fully saturated rings. The van der Waals surface area contributed by atoms with Crippen LogP contribution in [0, 0.1) is 5.92 Å². The highest BCUT2D eigenvalue weighted by molar-refractivity contribution is 7.89. The van der Waals surface area contributed by atoms with E-state index in [1.165, 1.54) is 54.3 Å². The van der Waals surface area contributed by atoms with E-state index in [0.717, 1.165) is 0 Å².